The Kier molecular flexibility index (Phi) is 3.98. The predicted molar refractivity (Wildman–Crippen MR) is 105 cm³/mol. The normalized spacial score (nSPS) is 20.4. The Hall–Kier alpha value is -2.75. The fourth-order valence-corrected chi connectivity index (χ4v) is 4.26. The zero-order chi connectivity index (χ0) is 18.4. The number of rotatable bonds is 3. The molecule has 3 aromatic rings. The van der Waals surface area contributed by atoms with Crippen LogP contribution in [0.2, 0.25) is 0 Å². The van der Waals surface area contributed by atoms with Crippen LogP contribution in [-0.2, 0) is 13.6 Å². The van der Waals surface area contributed by atoms with E-state index < -0.39 is 0 Å². The molecule has 2 amide bonds. The van der Waals surface area contributed by atoms with Crippen LogP contribution in [0.15, 0.2) is 54.6 Å². The van der Waals surface area contributed by atoms with E-state index in [1.807, 2.05) is 35.0 Å². The zero-order valence-electron chi connectivity index (χ0n) is 15.8. The average Bonchev–Trinajstić information content (AvgIpc) is 3.03. The molecule has 4 rings (SSSR count). The van der Waals surface area contributed by atoms with E-state index in [0.717, 1.165) is 0 Å². The van der Waals surface area contributed by atoms with E-state index >= 15 is 0 Å². The smallest absolute Gasteiger partial charge is 0.321 e. The van der Waals surface area contributed by atoms with Crippen molar-refractivity contribution in [2.45, 2.75) is 32.5 Å². The van der Waals surface area contributed by atoms with Gasteiger partial charge in [-0.3, -0.25) is 0 Å². The van der Waals surface area contributed by atoms with Crippen molar-refractivity contribution in [3.05, 3.63) is 71.4 Å². The van der Waals surface area contributed by atoms with Crippen molar-refractivity contribution in [2.24, 2.45) is 7.05 Å². The van der Waals surface area contributed by atoms with Gasteiger partial charge in [-0.15, -0.1) is 0 Å². The molecule has 0 aliphatic carbocycles. The van der Waals surface area contributed by atoms with Crippen molar-refractivity contribution in [2.75, 3.05) is 7.05 Å². The highest BCUT2D eigenvalue weighted by molar-refractivity contribution is 5.85. The molecule has 0 saturated carbocycles. The summed E-state index contributed by atoms with van der Waals surface area (Å²) in [5.41, 5.74) is 4.85. The molecule has 0 bridgehead atoms. The van der Waals surface area contributed by atoms with Gasteiger partial charge in [-0.1, -0.05) is 48.5 Å². The van der Waals surface area contributed by atoms with Gasteiger partial charge in [-0.2, -0.15) is 0 Å². The molecule has 0 spiro atoms. The van der Waals surface area contributed by atoms with Gasteiger partial charge >= 0.3 is 6.03 Å². The third-order valence-corrected chi connectivity index (χ3v) is 5.92. The van der Waals surface area contributed by atoms with Crippen molar-refractivity contribution in [1.82, 2.24) is 14.4 Å². The number of nitrogens with zero attached hydrogens (tertiary/aromatic N) is 3. The summed E-state index contributed by atoms with van der Waals surface area (Å²) < 4.78 is 2.23. The van der Waals surface area contributed by atoms with Crippen LogP contribution in [0.5, 0.6) is 0 Å². The number of amides is 2. The van der Waals surface area contributed by atoms with Crippen LogP contribution in [0, 0.1) is 6.92 Å². The molecule has 0 N–H and O–H groups in total. The summed E-state index contributed by atoms with van der Waals surface area (Å²) >= 11 is 0. The van der Waals surface area contributed by atoms with Crippen molar-refractivity contribution in [3.63, 3.8) is 0 Å². The molecule has 1 saturated heterocycles. The second kappa shape index (κ2) is 6.20. The van der Waals surface area contributed by atoms with Crippen LogP contribution >= 0.6 is 0 Å². The highest BCUT2D eigenvalue weighted by atomic mass is 16.2. The molecule has 1 fully saturated rings. The number of benzene rings is 2. The van der Waals surface area contributed by atoms with Crippen molar-refractivity contribution in [1.29, 1.82) is 0 Å². The second-order valence-electron chi connectivity index (χ2n) is 7.27. The van der Waals surface area contributed by atoms with Gasteiger partial charge in [0.25, 0.3) is 0 Å². The lowest BCUT2D eigenvalue weighted by Gasteiger charge is -2.26. The van der Waals surface area contributed by atoms with Gasteiger partial charge in [-0.05, 0) is 31.0 Å². The Balaban J connectivity index is 1.78. The van der Waals surface area contributed by atoms with E-state index in [1.165, 1.54) is 27.7 Å². The first-order valence-electron chi connectivity index (χ1n) is 9.12. The lowest BCUT2D eigenvalue weighted by molar-refractivity contribution is 0.187. The summed E-state index contributed by atoms with van der Waals surface area (Å²) in [5, 5.41) is 1.26. The first kappa shape index (κ1) is 16.7. The largest absolute Gasteiger partial charge is 0.346 e. The molecule has 2 atom stereocenters. The Morgan fingerprint density at radius 2 is 1.62 bits per heavy atom. The van der Waals surface area contributed by atoms with Crippen LogP contribution in [0.4, 0.5) is 4.79 Å². The Labute approximate surface area is 154 Å². The fraction of sp³-hybridized carbons (Fsp3) is 0.318. The number of urea groups is 1. The minimum absolute atomic E-state index is 0.0612. The molecule has 1 aliphatic rings. The number of para-hydroxylation sites is 1. The molecule has 2 heterocycles. The van der Waals surface area contributed by atoms with E-state index in [-0.39, 0.29) is 18.1 Å². The lowest BCUT2D eigenvalue weighted by atomic mass is 10.00. The number of aromatic nitrogens is 1. The molecule has 2 aromatic carbocycles. The maximum absolute atomic E-state index is 13.0. The quantitative estimate of drug-likeness (QED) is 0.686. The Bertz CT molecular complexity index is 921. The third-order valence-electron chi connectivity index (χ3n) is 5.92. The highest BCUT2D eigenvalue weighted by Gasteiger charge is 2.42. The molecular weight excluding hydrogens is 322 g/mol. The monoisotopic (exact) mass is 347 g/mol. The van der Waals surface area contributed by atoms with E-state index in [2.05, 4.69) is 61.9 Å². The van der Waals surface area contributed by atoms with Crippen LogP contribution in [0.25, 0.3) is 10.9 Å². The third kappa shape index (κ3) is 2.40. The van der Waals surface area contributed by atoms with Gasteiger partial charge in [-0.25, -0.2) is 4.79 Å². The first-order chi connectivity index (χ1) is 12.5. The van der Waals surface area contributed by atoms with E-state index in [9.17, 15) is 4.79 Å². The molecule has 4 nitrogen and oxygen atoms in total. The highest BCUT2D eigenvalue weighted by Crippen LogP contribution is 2.37. The van der Waals surface area contributed by atoms with Gasteiger partial charge in [0, 0.05) is 30.7 Å². The molecule has 1 aliphatic heterocycles. The molecule has 1 aromatic heterocycles. The molecular formula is C22H25N3O. The summed E-state index contributed by atoms with van der Waals surface area (Å²) in [7, 11) is 3.99. The SMILES string of the molecule is Cc1c(CN2C(=O)N(C)[C@@H](C)[C@H]2c2ccccc2)n(C)c2ccccc12. The van der Waals surface area contributed by atoms with E-state index in [4.69, 9.17) is 0 Å². The summed E-state index contributed by atoms with van der Waals surface area (Å²) in [6.45, 7) is 4.90. The minimum atomic E-state index is 0.0612. The van der Waals surface area contributed by atoms with Gasteiger partial charge < -0.3 is 14.4 Å². The topological polar surface area (TPSA) is 28.5 Å². The van der Waals surface area contributed by atoms with Crippen LogP contribution in [0.1, 0.15) is 29.8 Å². The van der Waals surface area contributed by atoms with Crippen molar-refractivity contribution < 1.29 is 4.79 Å². The number of carbonyl (C=O) groups excluding carboxylic acids is 1. The van der Waals surface area contributed by atoms with Crippen LogP contribution in [0.3, 0.4) is 0 Å². The van der Waals surface area contributed by atoms with Gasteiger partial charge in [0.2, 0.25) is 0 Å². The van der Waals surface area contributed by atoms with Gasteiger partial charge in [0.05, 0.1) is 18.6 Å². The van der Waals surface area contributed by atoms with Gasteiger partial charge in [0.1, 0.15) is 0 Å². The number of aryl methyl sites for hydroxylation is 2. The second-order valence-corrected chi connectivity index (χ2v) is 7.27. The van der Waals surface area contributed by atoms with Crippen molar-refractivity contribution in [3.8, 4) is 0 Å². The summed E-state index contributed by atoms with van der Waals surface area (Å²) in [6, 6.07) is 19.1. The molecule has 0 radical (unpaired) electrons. The van der Waals surface area contributed by atoms with Crippen LogP contribution < -0.4 is 0 Å². The lowest BCUT2D eigenvalue weighted by Crippen LogP contribution is -2.31. The van der Waals surface area contributed by atoms with Gasteiger partial charge in [0.15, 0.2) is 0 Å². The van der Waals surface area contributed by atoms with E-state index in [0.29, 0.717) is 6.54 Å². The maximum atomic E-state index is 13.0. The summed E-state index contributed by atoms with van der Waals surface area (Å²) in [4.78, 5) is 16.9. The molecule has 134 valence electrons. The predicted octanol–water partition coefficient (Wildman–Crippen LogP) is 4.48. The standard InChI is InChI=1S/C22H25N3O/c1-15-18-12-8-9-13-19(18)24(4)20(15)14-25-21(16(2)23(3)22(25)26)17-10-6-5-7-11-17/h5-13,16,21H,14H2,1-4H3/t16-,21-/m0/s1. The Morgan fingerprint density at radius 1 is 0.962 bits per heavy atom. The van der Waals surface area contributed by atoms with Crippen LogP contribution in [-0.4, -0.2) is 33.5 Å². The molecule has 26 heavy (non-hydrogen) atoms. The number of hydrogen-bond donors (Lipinski definition) is 0. The summed E-state index contributed by atoms with van der Waals surface area (Å²) in [6.07, 6.45) is 0. The minimum Gasteiger partial charge on any atom is -0.346 e. The van der Waals surface area contributed by atoms with Crippen molar-refractivity contribution >= 4 is 16.9 Å². The van der Waals surface area contributed by atoms with E-state index in [1.54, 1.807) is 0 Å². The first-order valence-corrected chi connectivity index (χ1v) is 9.12. The number of fused-ring (bicyclic) bond motifs is 1. The molecule has 0 unspecified atom stereocenters. The number of carbonyl (C=O) groups is 1. The number of hydrogen-bond acceptors (Lipinski definition) is 1. The maximum Gasteiger partial charge on any atom is 0.321 e. The summed E-state index contributed by atoms with van der Waals surface area (Å²) in [5.74, 6) is 0. The average molecular weight is 347 g/mol. The number of likely N-dealkylation sites (N-methyl/N-ethyl adjacent to an activating group) is 1. The zero-order valence-corrected chi connectivity index (χ0v) is 15.8. The molecule has 4 heteroatoms. The Morgan fingerprint density at radius 3 is 2.31 bits per heavy atom. The fourth-order valence-electron chi connectivity index (χ4n) is 4.26.